The van der Waals surface area contributed by atoms with E-state index in [1.54, 1.807) is 18.2 Å². The van der Waals surface area contributed by atoms with Crippen LogP contribution in [0.3, 0.4) is 0 Å². The zero-order valence-corrected chi connectivity index (χ0v) is 12.3. The van der Waals surface area contributed by atoms with E-state index in [2.05, 4.69) is 15.0 Å². The number of H-pyrrole nitrogens is 1. The molecule has 0 aliphatic carbocycles. The monoisotopic (exact) mass is 308 g/mol. The fraction of sp³-hybridized carbons (Fsp3) is 0.167. The van der Waals surface area contributed by atoms with E-state index in [1.165, 1.54) is 17.6 Å². The molecule has 0 amide bonds. The standard InChI is InChI=1S/C12H12N4O2S2/c1-20(17,18)7-2-3-8-9(4-7)16-12(15-8)10-6-19-11(5-13)14-10/h2-4,6H,5,13H2,1H3,(H,15,16). The maximum atomic E-state index is 11.5. The topological polar surface area (TPSA) is 102 Å². The largest absolute Gasteiger partial charge is 0.337 e. The Morgan fingerprint density at radius 3 is 2.80 bits per heavy atom. The van der Waals surface area contributed by atoms with Gasteiger partial charge in [0.05, 0.1) is 15.9 Å². The van der Waals surface area contributed by atoms with Crippen LogP contribution in [-0.4, -0.2) is 29.6 Å². The van der Waals surface area contributed by atoms with Crippen LogP contribution in [0.1, 0.15) is 5.01 Å². The lowest BCUT2D eigenvalue weighted by molar-refractivity contribution is 0.602. The van der Waals surface area contributed by atoms with Crippen molar-refractivity contribution in [2.45, 2.75) is 11.4 Å². The van der Waals surface area contributed by atoms with Crippen LogP contribution in [0.5, 0.6) is 0 Å². The highest BCUT2D eigenvalue weighted by Gasteiger charge is 2.12. The van der Waals surface area contributed by atoms with Crippen LogP contribution >= 0.6 is 11.3 Å². The molecular weight excluding hydrogens is 296 g/mol. The van der Waals surface area contributed by atoms with Crippen LogP contribution in [0.25, 0.3) is 22.6 Å². The Hall–Kier alpha value is -1.77. The number of fused-ring (bicyclic) bond motifs is 1. The Bertz CT molecular complexity index is 880. The van der Waals surface area contributed by atoms with Gasteiger partial charge >= 0.3 is 0 Å². The first-order valence-electron chi connectivity index (χ1n) is 5.82. The minimum atomic E-state index is -3.23. The summed E-state index contributed by atoms with van der Waals surface area (Å²) in [5, 5.41) is 2.70. The molecule has 6 nitrogen and oxygen atoms in total. The van der Waals surface area contributed by atoms with Gasteiger partial charge in [-0.1, -0.05) is 0 Å². The van der Waals surface area contributed by atoms with Crippen molar-refractivity contribution in [3.05, 3.63) is 28.6 Å². The number of hydrogen-bond donors (Lipinski definition) is 2. The second-order valence-electron chi connectivity index (χ2n) is 4.37. The number of aromatic nitrogens is 3. The molecule has 8 heteroatoms. The molecule has 0 radical (unpaired) electrons. The molecule has 2 heterocycles. The van der Waals surface area contributed by atoms with Crippen molar-refractivity contribution < 1.29 is 8.42 Å². The van der Waals surface area contributed by atoms with Crippen LogP contribution in [-0.2, 0) is 16.4 Å². The number of thiazole rings is 1. The van der Waals surface area contributed by atoms with E-state index in [0.717, 1.165) is 5.01 Å². The van der Waals surface area contributed by atoms with Crippen molar-refractivity contribution in [1.82, 2.24) is 15.0 Å². The number of nitrogens with zero attached hydrogens (tertiary/aromatic N) is 2. The van der Waals surface area contributed by atoms with Crippen molar-refractivity contribution in [3.63, 3.8) is 0 Å². The van der Waals surface area contributed by atoms with Gasteiger partial charge in [-0.2, -0.15) is 0 Å². The summed E-state index contributed by atoms with van der Waals surface area (Å²) in [5.41, 5.74) is 7.62. The normalized spacial score (nSPS) is 12.1. The summed E-state index contributed by atoms with van der Waals surface area (Å²) in [6.45, 7) is 0.392. The molecule has 0 unspecified atom stereocenters. The smallest absolute Gasteiger partial charge is 0.175 e. The van der Waals surface area contributed by atoms with E-state index in [9.17, 15) is 8.42 Å². The third-order valence-electron chi connectivity index (χ3n) is 2.85. The number of sulfone groups is 1. The van der Waals surface area contributed by atoms with Crippen molar-refractivity contribution >= 4 is 32.2 Å². The summed E-state index contributed by atoms with van der Waals surface area (Å²) in [6.07, 6.45) is 1.18. The van der Waals surface area contributed by atoms with Gasteiger partial charge in [-0.15, -0.1) is 11.3 Å². The Morgan fingerprint density at radius 2 is 2.15 bits per heavy atom. The average molecular weight is 308 g/mol. The fourth-order valence-electron chi connectivity index (χ4n) is 1.85. The van der Waals surface area contributed by atoms with Crippen molar-refractivity contribution in [3.8, 4) is 11.5 Å². The molecule has 0 saturated heterocycles. The summed E-state index contributed by atoms with van der Waals surface area (Å²) >= 11 is 1.47. The van der Waals surface area contributed by atoms with Gasteiger partial charge in [0.15, 0.2) is 15.7 Å². The fourth-order valence-corrected chi connectivity index (χ4v) is 3.16. The highest BCUT2D eigenvalue weighted by molar-refractivity contribution is 7.90. The molecule has 0 aliphatic rings. The molecule has 2 aromatic heterocycles. The number of rotatable bonds is 3. The van der Waals surface area contributed by atoms with Crippen molar-refractivity contribution in [2.75, 3.05) is 6.26 Å². The maximum absolute atomic E-state index is 11.5. The first kappa shape index (κ1) is 13.2. The molecule has 0 bridgehead atoms. The number of aromatic amines is 1. The van der Waals surface area contributed by atoms with E-state index in [-0.39, 0.29) is 4.90 Å². The third kappa shape index (κ3) is 2.33. The molecule has 3 rings (SSSR count). The van der Waals surface area contributed by atoms with Crippen LogP contribution in [0, 0.1) is 0 Å². The quantitative estimate of drug-likeness (QED) is 0.764. The van der Waals surface area contributed by atoms with Gasteiger partial charge in [0.25, 0.3) is 0 Å². The van der Waals surface area contributed by atoms with Gasteiger partial charge in [-0.25, -0.2) is 18.4 Å². The van der Waals surface area contributed by atoms with Crippen LogP contribution in [0.2, 0.25) is 0 Å². The number of benzene rings is 1. The molecule has 0 spiro atoms. The Morgan fingerprint density at radius 1 is 1.35 bits per heavy atom. The van der Waals surface area contributed by atoms with E-state index >= 15 is 0 Å². The molecule has 3 N–H and O–H groups in total. The predicted octanol–water partition coefficient (Wildman–Crippen LogP) is 1.55. The molecule has 0 aliphatic heterocycles. The van der Waals surface area contributed by atoms with Gasteiger partial charge in [-0.3, -0.25) is 0 Å². The SMILES string of the molecule is CS(=O)(=O)c1ccc2nc(-c3csc(CN)n3)[nH]c2c1. The van der Waals surface area contributed by atoms with E-state index < -0.39 is 9.84 Å². The van der Waals surface area contributed by atoms with Gasteiger partial charge < -0.3 is 10.7 Å². The summed E-state index contributed by atoms with van der Waals surface area (Å²) < 4.78 is 23.1. The van der Waals surface area contributed by atoms with Crippen molar-refractivity contribution in [2.24, 2.45) is 5.73 Å². The number of imidazole rings is 1. The molecule has 0 saturated carbocycles. The molecule has 0 atom stereocenters. The second kappa shape index (κ2) is 4.65. The van der Waals surface area contributed by atoms with E-state index in [0.29, 0.717) is 29.1 Å². The Balaban J connectivity index is 2.11. The highest BCUT2D eigenvalue weighted by Crippen LogP contribution is 2.24. The van der Waals surface area contributed by atoms with Gasteiger partial charge in [0.1, 0.15) is 10.7 Å². The lowest BCUT2D eigenvalue weighted by Crippen LogP contribution is -1.96. The minimum Gasteiger partial charge on any atom is -0.337 e. The van der Waals surface area contributed by atoms with Gasteiger partial charge in [0, 0.05) is 18.2 Å². The highest BCUT2D eigenvalue weighted by atomic mass is 32.2. The number of nitrogens with one attached hydrogen (secondary N) is 1. The summed E-state index contributed by atoms with van der Waals surface area (Å²) in [6, 6.07) is 4.81. The Labute approximate surface area is 119 Å². The molecule has 3 aromatic rings. The predicted molar refractivity (Wildman–Crippen MR) is 78.2 cm³/mol. The first-order valence-corrected chi connectivity index (χ1v) is 8.59. The third-order valence-corrected chi connectivity index (χ3v) is 4.83. The molecule has 1 aromatic carbocycles. The first-order chi connectivity index (χ1) is 9.47. The second-order valence-corrected chi connectivity index (χ2v) is 7.33. The summed E-state index contributed by atoms with van der Waals surface area (Å²) in [4.78, 5) is 12.1. The molecule has 0 fully saturated rings. The van der Waals surface area contributed by atoms with Crippen molar-refractivity contribution in [1.29, 1.82) is 0 Å². The Kier molecular flexibility index (Phi) is 3.08. The lowest BCUT2D eigenvalue weighted by atomic mass is 10.3. The van der Waals surface area contributed by atoms with Gasteiger partial charge in [0.2, 0.25) is 0 Å². The van der Waals surface area contributed by atoms with E-state index in [1.807, 2.05) is 5.38 Å². The van der Waals surface area contributed by atoms with Crippen LogP contribution < -0.4 is 5.73 Å². The zero-order valence-electron chi connectivity index (χ0n) is 10.6. The van der Waals surface area contributed by atoms with E-state index in [4.69, 9.17) is 5.73 Å². The molecule has 20 heavy (non-hydrogen) atoms. The number of nitrogens with two attached hydrogens (primary N) is 1. The van der Waals surface area contributed by atoms with Crippen LogP contribution in [0.15, 0.2) is 28.5 Å². The number of hydrogen-bond acceptors (Lipinski definition) is 6. The minimum absolute atomic E-state index is 0.265. The average Bonchev–Trinajstić information content (AvgIpc) is 3.02. The summed E-state index contributed by atoms with van der Waals surface area (Å²) in [7, 11) is -3.23. The van der Waals surface area contributed by atoms with Gasteiger partial charge in [-0.05, 0) is 18.2 Å². The molecule has 104 valence electrons. The lowest BCUT2D eigenvalue weighted by Gasteiger charge is -1.96. The zero-order chi connectivity index (χ0) is 14.3. The molecular formula is C12H12N4O2S2. The van der Waals surface area contributed by atoms with Crippen LogP contribution in [0.4, 0.5) is 0 Å². The maximum Gasteiger partial charge on any atom is 0.175 e. The summed E-state index contributed by atoms with van der Waals surface area (Å²) in [5.74, 6) is 0.613.